The molecule has 0 bridgehead atoms. The van der Waals surface area contributed by atoms with E-state index < -0.39 is 0 Å². The predicted octanol–water partition coefficient (Wildman–Crippen LogP) is 0.929. The summed E-state index contributed by atoms with van der Waals surface area (Å²) >= 11 is 0. The van der Waals surface area contributed by atoms with Crippen molar-refractivity contribution in [1.82, 2.24) is 9.97 Å². The van der Waals surface area contributed by atoms with Crippen LogP contribution in [-0.4, -0.2) is 30.7 Å². The molecule has 1 N–H and O–H groups in total. The Morgan fingerprint density at radius 2 is 1.93 bits per heavy atom. The van der Waals surface area contributed by atoms with Crippen LogP contribution in [0.15, 0.2) is 6.07 Å². The standard InChI is InChI=1S/C10H13N3O2/c1-4-5-6-11-10-12-8(14-2)7-9(13-10)15-3/h1,7H,5-6H2,2-3H3,(H,11,12,13). The molecule has 80 valence electrons. The van der Waals surface area contributed by atoms with E-state index in [1.165, 1.54) is 14.2 Å². The maximum Gasteiger partial charge on any atom is 0.229 e. The van der Waals surface area contributed by atoms with Crippen LogP contribution >= 0.6 is 0 Å². The number of aromatic nitrogens is 2. The summed E-state index contributed by atoms with van der Waals surface area (Å²) in [6.45, 7) is 0.618. The molecule has 5 nitrogen and oxygen atoms in total. The van der Waals surface area contributed by atoms with Crippen LogP contribution < -0.4 is 14.8 Å². The molecule has 0 unspecified atom stereocenters. The van der Waals surface area contributed by atoms with Gasteiger partial charge in [-0.25, -0.2) is 0 Å². The highest BCUT2D eigenvalue weighted by Crippen LogP contribution is 2.16. The molecule has 1 heterocycles. The molecule has 0 aliphatic heterocycles. The molecule has 0 amide bonds. The van der Waals surface area contributed by atoms with Crippen molar-refractivity contribution >= 4 is 5.95 Å². The summed E-state index contributed by atoms with van der Waals surface area (Å²) in [7, 11) is 3.07. The van der Waals surface area contributed by atoms with Gasteiger partial charge in [0.25, 0.3) is 0 Å². The maximum absolute atomic E-state index is 5.12. The van der Waals surface area contributed by atoms with Crippen LogP contribution in [-0.2, 0) is 0 Å². The van der Waals surface area contributed by atoms with Gasteiger partial charge in [-0.3, -0.25) is 0 Å². The number of nitrogens with one attached hydrogen (secondary N) is 1. The fourth-order valence-electron chi connectivity index (χ4n) is 0.939. The second kappa shape index (κ2) is 5.70. The topological polar surface area (TPSA) is 56.3 Å². The van der Waals surface area contributed by atoms with Gasteiger partial charge in [0.05, 0.1) is 20.3 Å². The SMILES string of the molecule is C#CCCNc1nc(OC)cc(OC)n1. The Balaban J connectivity index is 2.74. The van der Waals surface area contributed by atoms with Gasteiger partial charge < -0.3 is 14.8 Å². The summed E-state index contributed by atoms with van der Waals surface area (Å²) in [6, 6.07) is 1.60. The zero-order valence-electron chi connectivity index (χ0n) is 8.78. The molecule has 15 heavy (non-hydrogen) atoms. The summed E-state index contributed by atoms with van der Waals surface area (Å²) in [5.41, 5.74) is 0. The molecule has 0 aromatic carbocycles. The minimum atomic E-state index is 0.446. The second-order valence-corrected chi connectivity index (χ2v) is 2.66. The summed E-state index contributed by atoms with van der Waals surface area (Å²) in [6.07, 6.45) is 5.74. The molecule has 1 rings (SSSR count). The molecule has 5 heteroatoms. The number of ether oxygens (including phenoxy) is 2. The molecular formula is C10H13N3O2. The number of methoxy groups -OCH3 is 2. The summed E-state index contributed by atoms with van der Waals surface area (Å²) in [5, 5.41) is 2.97. The van der Waals surface area contributed by atoms with Crippen LogP contribution in [0.5, 0.6) is 11.8 Å². The second-order valence-electron chi connectivity index (χ2n) is 2.66. The maximum atomic E-state index is 5.12. The lowest BCUT2D eigenvalue weighted by Crippen LogP contribution is -2.06. The molecule has 1 aromatic heterocycles. The summed E-state index contributed by atoms with van der Waals surface area (Å²) < 4.78 is 9.98. The highest BCUT2D eigenvalue weighted by Gasteiger charge is 2.03. The smallest absolute Gasteiger partial charge is 0.229 e. The number of anilines is 1. The van der Waals surface area contributed by atoms with Gasteiger partial charge in [-0.1, -0.05) is 0 Å². The van der Waals surface area contributed by atoms with Crippen molar-refractivity contribution in [1.29, 1.82) is 0 Å². The Bertz CT molecular complexity index is 338. The Kier molecular flexibility index (Phi) is 4.23. The van der Waals surface area contributed by atoms with E-state index in [-0.39, 0.29) is 0 Å². The van der Waals surface area contributed by atoms with Gasteiger partial charge in [0, 0.05) is 13.0 Å². The zero-order chi connectivity index (χ0) is 11.1. The fourth-order valence-corrected chi connectivity index (χ4v) is 0.939. The first kappa shape index (κ1) is 11.1. The van der Waals surface area contributed by atoms with Gasteiger partial charge in [-0.05, 0) is 0 Å². The lowest BCUT2D eigenvalue weighted by atomic mass is 10.4. The third-order valence-electron chi connectivity index (χ3n) is 1.65. The molecule has 0 saturated heterocycles. The van der Waals surface area contributed by atoms with Crippen molar-refractivity contribution in [2.75, 3.05) is 26.1 Å². The first-order valence-electron chi connectivity index (χ1n) is 4.44. The Morgan fingerprint density at radius 1 is 1.33 bits per heavy atom. The highest BCUT2D eigenvalue weighted by molar-refractivity contribution is 5.33. The number of hydrogen-bond donors (Lipinski definition) is 1. The van der Waals surface area contributed by atoms with Crippen LogP contribution in [0.3, 0.4) is 0 Å². The summed E-state index contributed by atoms with van der Waals surface area (Å²) in [5.74, 6) is 3.86. The van der Waals surface area contributed by atoms with E-state index in [2.05, 4.69) is 21.2 Å². The monoisotopic (exact) mass is 207 g/mol. The molecule has 0 radical (unpaired) electrons. The first-order chi connectivity index (χ1) is 7.30. The van der Waals surface area contributed by atoms with Crippen molar-refractivity contribution in [3.63, 3.8) is 0 Å². The van der Waals surface area contributed by atoms with E-state index >= 15 is 0 Å². The lowest BCUT2D eigenvalue weighted by Gasteiger charge is -2.06. The van der Waals surface area contributed by atoms with Crippen molar-refractivity contribution in [2.24, 2.45) is 0 Å². The fraction of sp³-hybridized carbons (Fsp3) is 0.400. The predicted molar refractivity (Wildman–Crippen MR) is 57.1 cm³/mol. The van der Waals surface area contributed by atoms with E-state index in [9.17, 15) is 0 Å². The lowest BCUT2D eigenvalue weighted by molar-refractivity contribution is 0.373. The van der Waals surface area contributed by atoms with Crippen molar-refractivity contribution in [3.8, 4) is 24.1 Å². The third kappa shape index (κ3) is 3.35. The number of rotatable bonds is 5. The van der Waals surface area contributed by atoms with Crippen molar-refractivity contribution in [3.05, 3.63) is 6.07 Å². The molecular weight excluding hydrogens is 194 g/mol. The number of terminal acetylenes is 1. The molecule has 0 saturated carbocycles. The van der Waals surface area contributed by atoms with Crippen LogP contribution in [0.1, 0.15) is 6.42 Å². The van der Waals surface area contributed by atoms with E-state index in [0.717, 1.165) is 0 Å². The van der Waals surface area contributed by atoms with E-state index in [1.54, 1.807) is 6.07 Å². The Hall–Kier alpha value is -1.96. The van der Waals surface area contributed by atoms with Crippen molar-refractivity contribution in [2.45, 2.75) is 6.42 Å². The van der Waals surface area contributed by atoms with E-state index in [1.807, 2.05) is 0 Å². The molecule has 0 spiro atoms. The molecule has 0 aliphatic carbocycles. The normalized spacial score (nSPS) is 9.13. The van der Waals surface area contributed by atoms with Crippen LogP contribution in [0.25, 0.3) is 0 Å². The van der Waals surface area contributed by atoms with E-state index in [0.29, 0.717) is 30.7 Å². The molecule has 1 aromatic rings. The highest BCUT2D eigenvalue weighted by atomic mass is 16.5. The minimum absolute atomic E-state index is 0.446. The van der Waals surface area contributed by atoms with Gasteiger partial charge in [0.2, 0.25) is 17.7 Å². The van der Waals surface area contributed by atoms with Crippen molar-refractivity contribution < 1.29 is 9.47 Å². The third-order valence-corrected chi connectivity index (χ3v) is 1.65. The Labute approximate surface area is 88.8 Å². The van der Waals surface area contributed by atoms with Gasteiger partial charge in [0.1, 0.15) is 0 Å². The molecule has 0 aliphatic rings. The number of hydrogen-bond acceptors (Lipinski definition) is 5. The summed E-state index contributed by atoms with van der Waals surface area (Å²) in [4.78, 5) is 8.16. The number of nitrogens with zero attached hydrogens (tertiary/aromatic N) is 2. The average molecular weight is 207 g/mol. The van der Waals surface area contributed by atoms with Crippen LogP contribution in [0.2, 0.25) is 0 Å². The minimum Gasteiger partial charge on any atom is -0.481 e. The van der Waals surface area contributed by atoms with Gasteiger partial charge >= 0.3 is 0 Å². The average Bonchev–Trinajstić information content (AvgIpc) is 2.29. The van der Waals surface area contributed by atoms with E-state index in [4.69, 9.17) is 15.9 Å². The first-order valence-corrected chi connectivity index (χ1v) is 4.44. The van der Waals surface area contributed by atoms with Gasteiger partial charge in [0.15, 0.2) is 0 Å². The van der Waals surface area contributed by atoms with Crippen LogP contribution in [0, 0.1) is 12.3 Å². The Morgan fingerprint density at radius 3 is 2.40 bits per heavy atom. The largest absolute Gasteiger partial charge is 0.481 e. The molecule has 0 atom stereocenters. The van der Waals surface area contributed by atoms with Gasteiger partial charge in [-0.15, -0.1) is 12.3 Å². The molecule has 0 fully saturated rings. The van der Waals surface area contributed by atoms with Crippen LogP contribution in [0.4, 0.5) is 5.95 Å². The zero-order valence-corrected chi connectivity index (χ0v) is 8.78. The van der Waals surface area contributed by atoms with Gasteiger partial charge in [-0.2, -0.15) is 9.97 Å². The quantitative estimate of drug-likeness (QED) is 0.575.